The standard InChI is InChI=1S/C4H5ClN2/c5-7-4(6-7)3-1-2-3/h3H,1-2H2. The summed E-state index contributed by atoms with van der Waals surface area (Å²) in [6.07, 6.45) is 2.59. The maximum absolute atomic E-state index is 5.42. The third-order valence-electron chi connectivity index (χ3n) is 1.28. The van der Waals surface area contributed by atoms with E-state index in [-0.39, 0.29) is 0 Å². The Hall–Kier alpha value is -0.240. The van der Waals surface area contributed by atoms with Gasteiger partial charge < -0.3 is 0 Å². The van der Waals surface area contributed by atoms with Crippen molar-refractivity contribution >= 4 is 17.6 Å². The van der Waals surface area contributed by atoms with Crippen LogP contribution in [0, 0.1) is 5.92 Å². The lowest BCUT2D eigenvalue weighted by molar-refractivity contribution is 0.877. The Labute approximate surface area is 46.9 Å². The molecule has 1 heterocycles. The summed E-state index contributed by atoms with van der Waals surface area (Å²) in [6, 6.07) is 0. The normalized spacial score (nSPS) is 27.6. The van der Waals surface area contributed by atoms with Gasteiger partial charge in [0.2, 0.25) is 0 Å². The molecule has 2 aliphatic rings. The zero-order chi connectivity index (χ0) is 4.85. The van der Waals surface area contributed by atoms with Crippen molar-refractivity contribution in [2.45, 2.75) is 12.8 Å². The van der Waals surface area contributed by atoms with Crippen LogP contribution in [0.4, 0.5) is 0 Å². The first-order valence-corrected chi connectivity index (χ1v) is 2.76. The fourth-order valence-electron chi connectivity index (χ4n) is 0.641. The highest BCUT2D eigenvalue weighted by atomic mass is 35.5. The molecule has 0 atom stereocenters. The van der Waals surface area contributed by atoms with Gasteiger partial charge in [0.15, 0.2) is 5.84 Å². The molecule has 0 aromatic heterocycles. The van der Waals surface area contributed by atoms with Gasteiger partial charge in [-0.1, -0.05) is 0 Å². The number of hydrogen-bond donors (Lipinski definition) is 0. The van der Waals surface area contributed by atoms with E-state index in [9.17, 15) is 0 Å². The first kappa shape index (κ1) is 3.72. The van der Waals surface area contributed by atoms with Gasteiger partial charge >= 0.3 is 0 Å². The van der Waals surface area contributed by atoms with Crippen molar-refractivity contribution in [1.29, 1.82) is 0 Å². The van der Waals surface area contributed by atoms with Gasteiger partial charge in [0.1, 0.15) is 0 Å². The van der Waals surface area contributed by atoms with Crippen LogP contribution in [0.3, 0.4) is 0 Å². The number of hydrazone groups is 1. The molecule has 1 fully saturated rings. The third kappa shape index (κ3) is 0.500. The minimum absolute atomic E-state index is 0.734. The van der Waals surface area contributed by atoms with Gasteiger partial charge in [0.25, 0.3) is 0 Å². The molecule has 0 unspecified atom stereocenters. The largest absolute Gasteiger partial charge is 0.168 e. The lowest BCUT2D eigenvalue weighted by Crippen LogP contribution is -1.91. The van der Waals surface area contributed by atoms with Gasteiger partial charge in [-0.25, -0.2) is 0 Å². The summed E-state index contributed by atoms with van der Waals surface area (Å²) in [5.74, 6) is 1.83. The lowest BCUT2D eigenvalue weighted by Gasteiger charge is -1.78. The first-order chi connectivity index (χ1) is 3.38. The lowest BCUT2D eigenvalue weighted by atomic mass is 10.4. The van der Waals surface area contributed by atoms with Crippen molar-refractivity contribution in [1.82, 2.24) is 4.53 Å². The Balaban J connectivity index is 1.99. The molecule has 1 aliphatic carbocycles. The maximum Gasteiger partial charge on any atom is 0.168 e. The van der Waals surface area contributed by atoms with Crippen LogP contribution in [0.15, 0.2) is 5.10 Å². The molecule has 0 bridgehead atoms. The monoisotopic (exact) mass is 116 g/mol. The van der Waals surface area contributed by atoms with Crippen molar-refractivity contribution in [3.05, 3.63) is 0 Å². The van der Waals surface area contributed by atoms with Crippen LogP contribution in [0.5, 0.6) is 0 Å². The van der Waals surface area contributed by atoms with Gasteiger partial charge in [-0.3, -0.25) is 0 Å². The summed E-state index contributed by atoms with van der Waals surface area (Å²) in [5.41, 5.74) is 0. The summed E-state index contributed by atoms with van der Waals surface area (Å²) in [6.45, 7) is 0. The SMILES string of the molecule is ClN1N=C1C1CC1. The summed E-state index contributed by atoms with van der Waals surface area (Å²) in [7, 11) is 0. The van der Waals surface area contributed by atoms with Crippen molar-refractivity contribution in [2.75, 3.05) is 0 Å². The molecule has 2 nitrogen and oxygen atoms in total. The highest BCUT2D eigenvalue weighted by Gasteiger charge is 2.38. The van der Waals surface area contributed by atoms with Crippen LogP contribution in [0.1, 0.15) is 12.8 Å². The van der Waals surface area contributed by atoms with Gasteiger partial charge in [-0.2, -0.15) is 4.53 Å². The number of hydrogen-bond acceptors (Lipinski definition) is 2. The Morgan fingerprint density at radius 3 is 2.43 bits per heavy atom. The Kier molecular flexibility index (Phi) is 0.502. The number of halogens is 1. The van der Waals surface area contributed by atoms with E-state index in [0.29, 0.717) is 0 Å². The van der Waals surface area contributed by atoms with E-state index in [2.05, 4.69) is 5.10 Å². The maximum atomic E-state index is 5.42. The van der Waals surface area contributed by atoms with Crippen molar-refractivity contribution < 1.29 is 0 Å². The van der Waals surface area contributed by atoms with Crippen LogP contribution in [0.2, 0.25) is 0 Å². The highest BCUT2D eigenvalue weighted by molar-refractivity contribution is 6.27. The van der Waals surface area contributed by atoms with E-state index in [0.717, 1.165) is 11.8 Å². The molecule has 0 radical (unpaired) electrons. The molecule has 7 heavy (non-hydrogen) atoms. The highest BCUT2D eigenvalue weighted by Crippen LogP contribution is 2.37. The van der Waals surface area contributed by atoms with E-state index in [1.807, 2.05) is 0 Å². The topological polar surface area (TPSA) is 15.4 Å². The summed E-state index contributed by atoms with van der Waals surface area (Å²) >= 11 is 5.42. The predicted molar refractivity (Wildman–Crippen MR) is 27.9 cm³/mol. The Morgan fingerprint density at radius 2 is 2.29 bits per heavy atom. The van der Waals surface area contributed by atoms with Crippen LogP contribution < -0.4 is 0 Å². The second kappa shape index (κ2) is 0.944. The van der Waals surface area contributed by atoms with Crippen LogP contribution in [-0.4, -0.2) is 10.4 Å². The predicted octanol–water partition coefficient (Wildman–Crippen LogP) is 1.18. The minimum atomic E-state index is 0.734. The van der Waals surface area contributed by atoms with E-state index in [1.54, 1.807) is 0 Å². The number of amidine groups is 1. The minimum Gasteiger partial charge on any atom is -0.154 e. The summed E-state index contributed by atoms with van der Waals surface area (Å²) in [4.78, 5) is 0. The van der Waals surface area contributed by atoms with E-state index >= 15 is 0 Å². The van der Waals surface area contributed by atoms with Gasteiger partial charge in [0.05, 0.1) is 0 Å². The fourth-order valence-corrected chi connectivity index (χ4v) is 0.857. The molecule has 0 amide bonds. The van der Waals surface area contributed by atoms with Crippen LogP contribution >= 0.6 is 11.8 Å². The average molecular weight is 117 g/mol. The second-order valence-corrected chi connectivity index (χ2v) is 2.31. The van der Waals surface area contributed by atoms with Gasteiger partial charge in [-0.05, 0) is 12.8 Å². The van der Waals surface area contributed by atoms with Crippen molar-refractivity contribution in [2.24, 2.45) is 11.0 Å². The molecule has 0 N–H and O–H groups in total. The number of rotatable bonds is 1. The zero-order valence-electron chi connectivity index (χ0n) is 3.76. The molecule has 1 saturated carbocycles. The van der Waals surface area contributed by atoms with Crippen molar-refractivity contribution in [3.63, 3.8) is 0 Å². The Morgan fingerprint density at radius 1 is 1.71 bits per heavy atom. The van der Waals surface area contributed by atoms with Crippen LogP contribution in [-0.2, 0) is 0 Å². The molecule has 0 aromatic carbocycles. The molecule has 3 heteroatoms. The molecule has 0 saturated heterocycles. The average Bonchev–Trinajstić information content (AvgIpc) is 2.23. The van der Waals surface area contributed by atoms with E-state index in [1.165, 1.54) is 17.4 Å². The quantitative estimate of drug-likeness (QED) is 0.470. The van der Waals surface area contributed by atoms with Crippen molar-refractivity contribution in [3.8, 4) is 0 Å². The van der Waals surface area contributed by atoms with E-state index < -0.39 is 0 Å². The van der Waals surface area contributed by atoms with Gasteiger partial charge in [0, 0.05) is 17.7 Å². The number of nitrogens with zero attached hydrogens (tertiary/aromatic N) is 2. The molecule has 38 valence electrons. The van der Waals surface area contributed by atoms with Gasteiger partial charge in [-0.15, -0.1) is 5.10 Å². The molecule has 2 rings (SSSR count). The third-order valence-corrected chi connectivity index (χ3v) is 1.53. The summed E-state index contributed by atoms with van der Waals surface area (Å²) < 4.78 is 1.44. The molecule has 0 spiro atoms. The summed E-state index contributed by atoms with van der Waals surface area (Å²) in [5, 5.41) is 3.83. The first-order valence-electron chi connectivity index (χ1n) is 2.42. The zero-order valence-corrected chi connectivity index (χ0v) is 4.52. The second-order valence-electron chi connectivity index (χ2n) is 1.99. The molecule has 0 aromatic rings. The molecule has 1 aliphatic heterocycles. The molecular formula is C4H5ClN2. The van der Waals surface area contributed by atoms with E-state index in [4.69, 9.17) is 11.8 Å². The molecular weight excluding hydrogens is 112 g/mol. The fraction of sp³-hybridized carbons (Fsp3) is 0.750. The smallest absolute Gasteiger partial charge is 0.154 e. The van der Waals surface area contributed by atoms with Crippen LogP contribution in [0.25, 0.3) is 0 Å². The Bertz CT molecular complexity index is 128.